The fourth-order valence-electron chi connectivity index (χ4n) is 2.40. The number of ether oxygens (including phenoxy) is 1. The summed E-state index contributed by atoms with van der Waals surface area (Å²) in [6, 6.07) is 3.39. The minimum Gasteiger partial charge on any atom is -0.376 e. The number of anilines is 1. The van der Waals surface area contributed by atoms with Crippen molar-refractivity contribution in [2.75, 3.05) is 25.0 Å². The Bertz CT molecular complexity index is 580. The van der Waals surface area contributed by atoms with Crippen LogP contribution in [0.4, 0.5) is 18.9 Å². The Morgan fingerprint density at radius 2 is 2.13 bits per heavy atom. The molecule has 1 aliphatic rings. The molecule has 0 spiro atoms. The largest absolute Gasteiger partial charge is 0.417 e. The number of morpholine rings is 1. The summed E-state index contributed by atoms with van der Waals surface area (Å²) in [6.45, 7) is 5.06. The van der Waals surface area contributed by atoms with Crippen LogP contribution >= 0.6 is 11.6 Å². The zero-order valence-electron chi connectivity index (χ0n) is 12.8. The van der Waals surface area contributed by atoms with Crippen molar-refractivity contribution < 1.29 is 22.7 Å². The average molecular weight is 351 g/mol. The highest BCUT2D eigenvalue weighted by atomic mass is 35.5. The van der Waals surface area contributed by atoms with E-state index in [0.29, 0.717) is 13.2 Å². The third-order valence-corrected chi connectivity index (χ3v) is 3.97. The molecule has 1 aliphatic heterocycles. The molecule has 0 aliphatic carbocycles. The van der Waals surface area contributed by atoms with Crippen molar-refractivity contribution in [3.05, 3.63) is 28.8 Å². The molecule has 1 aromatic carbocycles. The number of alkyl halides is 3. The molecule has 2 atom stereocenters. The predicted octanol–water partition coefficient (Wildman–Crippen LogP) is 3.41. The minimum atomic E-state index is -4.56. The van der Waals surface area contributed by atoms with Crippen LogP contribution in [0.1, 0.15) is 19.4 Å². The van der Waals surface area contributed by atoms with E-state index in [-0.39, 0.29) is 30.3 Å². The molecule has 8 heteroatoms. The van der Waals surface area contributed by atoms with Crippen molar-refractivity contribution in [3.8, 4) is 0 Å². The van der Waals surface area contributed by atoms with Crippen LogP contribution in [0.2, 0.25) is 5.02 Å². The second-order valence-electron chi connectivity index (χ2n) is 5.66. The van der Waals surface area contributed by atoms with Gasteiger partial charge in [-0.15, -0.1) is 0 Å². The number of nitrogens with zero attached hydrogens (tertiary/aromatic N) is 1. The second kappa shape index (κ2) is 7.07. The van der Waals surface area contributed by atoms with Gasteiger partial charge >= 0.3 is 6.18 Å². The lowest BCUT2D eigenvalue weighted by Gasteiger charge is -2.36. The van der Waals surface area contributed by atoms with E-state index in [2.05, 4.69) is 5.32 Å². The Labute approximate surface area is 137 Å². The third kappa shape index (κ3) is 4.83. The number of rotatable bonds is 3. The molecule has 0 saturated carbocycles. The first-order valence-electron chi connectivity index (χ1n) is 7.19. The van der Waals surface area contributed by atoms with Crippen LogP contribution in [-0.2, 0) is 15.7 Å². The molecule has 23 heavy (non-hydrogen) atoms. The highest BCUT2D eigenvalue weighted by molar-refractivity contribution is 6.31. The maximum absolute atomic E-state index is 12.8. The highest BCUT2D eigenvalue weighted by Gasteiger charge is 2.33. The molecule has 1 N–H and O–H groups in total. The molecule has 0 radical (unpaired) electrons. The number of carbonyl (C=O) groups excluding carboxylic acids is 1. The summed E-state index contributed by atoms with van der Waals surface area (Å²) in [5, 5.41) is 2.09. The number of amides is 1. The maximum Gasteiger partial charge on any atom is 0.417 e. The molecular formula is C15H18ClF3N2O2. The number of carbonyl (C=O) groups is 1. The maximum atomic E-state index is 12.8. The quantitative estimate of drug-likeness (QED) is 0.908. The Morgan fingerprint density at radius 3 is 2.78 bits per heavy atom. The lowest BCUT2D eigenvalue weighted by molar-refractivity contribution is -0.137. The van der Waals surface area contributed by atoms with Gasteiger partial charge in [0, 0.05) is 18.3 Å². The van der Waals surface area contributed by atoms with Crippen LogP contribution in [0.5, 0.6) is 0 Å². The lowest BCUT2D eigenvalue weighted by Crippen LogP contribution is -2.50. The van der Waals surface area contributed by atoms with E-state index in [4.69, 9.17) is 16.3 Å². The zero-order valence-corrected chi connectivity index (χ0v) is 13.5. The number of benzene rings is 1. The van der Waals surface area contributed by atoms with Crippen molar-refractivity contribution >= 4 is 23.2 Å². The van der Waals surface area contributed by atoms with Crippen LogP contribution in [0, 0.1) is 0 Å². The molecular weight excluding hydrogens is 333 g/mol. The number of halogens is 4. The van der Waals surface area contributed by atoms with Gasteiger partial charge in [0.05, 0.1) is 29.8 Å². The van der Waals surface area contributed by atoms with E-state index < -0.39 is 16.8 Å². The van der Waals surface area contributed by atoms with Gasteiger partial charge in [-0.05, 0) is 32.0 Å². The van der Waals surface area contributed by atoms with Gasteiger partial charge in [0.15, 0.2) is 0 Å². The van der Waals surface area contributed by atoms with Crippen LogP contribution in [0.15, 0.2) is 18.2 Å². The van der Waals surface area contributed by atoms with Crippen molar-refractivity contribution in [1.29, 1.82) is 0 Å². The smallest absolute Gasteiger partial charge is 0.376 e. The van der Waals surface area contributed by atoms with E-state index in [1.807, 2.05) is 18.7 Å². The van der Waals surface area contributed by atoms with Gasteiger partial charge in [-0.2, -0.15) is 13.2 Å². The summed E-state index contributed by atoms with van der Waals surface area (Å²) in [6.07, 6.45) is -4.54. The average Bonchev–Trinajstić information content (AvgIpc) is 2.44. The first-order valence-corrected chi connectivity index (χ1v) is 7.57. The van der Waals surface area contributed by atoms with Crippen LogP contribution < -0.4 is 5.32 Å². The van der Waals surface area contributed by atoms with Gasteiger partial charge in [0.25, 0.3) is 0 Å². The molecule has 1 aromatic rings. The van der Waals surface area contributed by atoms with E-state index in [1.165, 1.54) is 6.07 Å². The van der Waals surface area contributed by atoms with Crippen molar-refractivity contribution in [3.63, 3.8) is 0 Å². The monoisotopic (exact) mass is 350 g/mol. The highest BCUT2D eigenvalue weighted by Crippen LogP contribution is 2.36. The van der Waals surface area contributed by atoms with Gasteiger partial charge in [-0.25, -0.2) is 0 Å². The molecule has 1 heterocycles. The molecule has 1 fully saturated rings. The van der Waals surface area contributed by atoms with Crippen LogP contribution in [0.3, 0.4) is 0 Å². The number of nitrogens with one attached hydrogen (secondary N) is 1. The number of hydrogen-bond donors (Lipinski definition) is 1. The molecule has 1 saturated heterocycles. The summed E-state index contributed by atoms with van der Waals surface area (Å²) in [7, 11) is 0. The molecule has 2 rings (SSSR count). The standard InChI is InChI=1S/C15H18ClF3N2O2/c1-9-8-23-10(2)6-21(9)7-14(22)20-11-3-4-13(16)12(5-11)15(17,18)19/h3-5,9-10H,6-8H2,1-2H3,(H,20,22). The van der Waals surface area contributed by atoms with E-state index >= 15 is 0 Å². The fourth-order valence-corrected chi connectivity index (χ4v) is 2.62. The Balaban J connectivity index is 2.03. The summed E-state index contributed by atoms with van der Waals surface area (Å²) < 4.78 is 43.9. The summed E-state index contributed by atoms with van der Waals surface area (Å²) in [5.41, 5.74) is -0.897. The lowest BCUT2D eigenvalue weighted by atomic mass is 10.2. The van der Waals surface area contributed by atoms with E-state index in [0.717, 1.165) is 12.1 Å². The predicted molar refractivity (Wildman–Crippen MR) is 81.5 cm³/mol. The van der Waals surface area contributed by atoms with Crippen molar-refractivity contribution in [1.82, 2.24) is 4.90 Å². The second-order valence-corrected chi connectivity index (χ2v) is 6.07. The fraction of sp³-hybridized carbons (Fsp3) is 0.533. The molecule has 0 aromatic heterocycles. The number of hydrogen-bond acceptors (Lipinski definition) is 3. The van der Waals surface area contributed by atoms with Gasteiger partial charge in [-0.3, -0.25) is 9.69 Å². The normalized spacial score (nSPS) is 22.9. The Morgan fingerprint density at radius 1 is 1.43 bits per heavy atom. The Kier molecular flexibility index (Phi) is 5.54. The minimum absolute atomic E-state index is 0.0198. The molecule has 0 bridgehead atoms. The molecule has 128 valence electrons. The Hall–Kier alpha value is -1.31. The van der Waals surface area contributed by atoms with Gasteiger partial charge in [0.2, 0.25) is 5.91 Å². The van der Waals surface area contributed by atoms with Crippen LogP contribution in [0.25, 0.3) is 0 Å². The van der Waals surface area contributed by atoms with Crippen molar-refractivity contribution in [2.24, 2.45) is 0 Å². The zero-order chi connectivity index (χ0) is 17.2. The van der Waals surface area contributed by atoms with Gasteiger partial charge in [0.1, 0.15) is 0 Å². The first-order chi connectivity index (χ1) is 10.7. The van der Waals surface area contributed by atoms with E-state index in [9.17, 15) is 18.0 Å². The van der Waals surface area contributed by atoms with Gasteiger partial charge in [-0.1, -0.05) is 11.6 Å². The molecule has 2 unspecified atom stereocenters. The van der Waals surface area contributed by atoms with Crippen LogP contribution in [-0.4, -0.2) is 42.6 Å². The van der Waals surface area contributed by atoms with Gasteiger partial charge < -0.3 is 10.1 Å². The first kappa shape index (κ1) is 18.0. The summed E-state index contributed by atoms with van der Waals surface area (Å²) in [5.74, 6) is -0.374. The summed E-state index contributed by atoms with van der Waals surface area (Å²) in [4.78, 5) is 14.0. The molecule has 1 amide bonds. The summed E-state index contributed by atoms with van der Waals surface area (Å²) >= 11 is 5.55. The molecule has 4 nitrogen and oxygen atoms in total. The topological polar surface area (TPSA) is 41.6 Å². The van der Waals surface area contributed by atoms with Crippen molar-refractivity contribution in [2.45, 2.75) is 32.2 Å². The van der Waals surface area contributed by atoms with E-state index in [1.54, 1.807) is 0 Å². The third-order valence-electron chi connectivity index (χ3n) is 3.64. The SMILES string of the molecule is CC1CN(CC(=O)Nc2ccc(Cl)c(C(F)(F)F)c2)C(C)CO1.